The lowest BCUT2D eigenvalue weighted by molar-refractivity contribution is 0.0947. The van der Waals surface area contributed by atoms with Crippen LogP contribution in [0.15, 0.2) is 12.4 Å². The highest BCUT2D eigenvalue weighted by atomic mass is 19.2. The van der Waals surface area contributed by atoms with Gasteiger partial charge in [-0.2, -0.15) is 9.49 Å². The van der Waals surface area contributed by atoms with E-state index < -0.39 is 34.7 Å². The fraction of sp³-hybridized carbons (Fsp3) is 0.250. The Morgan fingerprint density at radius 2 is 2.10 bits per heavy atom. The van der Waals surface area contributed by atoms with Crippen molar-refractivity contribution in [1.29, 1.82) is 0 Å². The lowest BCUT2D eigenvalue weighted by atomic mass is 10.1. The molecule has 0 saturated heterocycles. The van der Waals surface area contributed by atoms with Gasteiger partial charge in [0, 0.05) is 13.0 Å². The Morgan fingerprint density at radius 1 is 1.33 bits per heavy atom. The second kappa shape index (κ2) is 6.25. The van der Waals surface area contributed by atoms with Crippen LogP contribution in [0, 0.1) is 17.5 Å². The van der Waals surface area contributed by atoms with Gasteiger partial charge in [0.05, 0.1) is 5.56 Å². The molecule has 1 amide bonds. The molecule has 3 N–H and O–H groups in total. The number of H-pyrrole nitrogens is 1. The maximum atomic E-state index is 13.5. The molecule has 0 aliphatic carbocycles. The summed E-state index contributed by atoms with van der Waals surface area (Å²) in [6.07, 6.45) is 2.33. The molecular weight excluding hydrogens is 289 g/mol. The second-order valence-electron chi connectivity index (χ2n) is 4.17. The van der Waals surface area contributed by atoms with Gasteiger partial charge in [0.15, 0.2) is 17.4 Å². The number of aryl methyl sites for hydroxylation is 1. The zero-order chi connectivity index (χ0) is 15.4. The molecular formula is C12H11F3N4O2. The van der Waals surface area contributed by atoms with Crippen LogP contribution in [0.2, 0.25) is 0 Å². The highest BCUT2D eigenvalue weighted by molar-refractivity contribution is 5.94. The number of benzene rings is 1. The first-order valence-corrected chi connectivity index (χ1v) is 5.99. The van der Waals surface area contributed by atoms with Crippen LogP contribution in [0.25, 0.3) is 0 Å². The van der Waals surface area contributed by atoms with Crippen LogP contribution in [-0.4, -0.2) is 32.7 Å². The van der Waals surface area contributed by atoms with Crippen molar-refractivity contribution in [2.75, 3.05) is 6.54 Å². The molecule has 0 bridgehead atoms. The molecule has 0 aliphatic rings. The summed E-state index contributed by atoms with van der Waals surface area (Å²) in [6.45, 7) is 0.165. The van der Waals surface area contributed by atoms with Gasteiger partial charge in [-0.3, -0.25) is 9.89 Å². The van der Waals surface area contributed by atoms with E-state index in [1.165, 1.54) is 6.33 Å². The Morgan fingerprint density at radius 3 is 2.76 bits per heavy atom. The van der Waals surface area contributed by atoms with Gasteiger partial charge in [0.1, 0.15) is 12.2 Å². The number of aromatic amines is 1. The number of phenolic OH excluding ortho intramolecular Hbond substituents is 1. The zero-order valence-corrected chi connectivity index (χ0v) is 10.7. The second-order valence-corrected chi connectivity index (χ2v) is 4.17. The van der Waals surface area contributed by atoms with Crippen LogP contribution in [0.5, 0.6) is 5.75 Å². The minimum atomic E-state index is -1.73. The van der Waals surface area contributed by atoms with Crippen molar-refractivity contribution in [3.05, 3.63) is 41.2 Å². The topological polar surface area (TPSA) is 90.9 Å². The molecule has 9 heteroatoms. The molecule has 1 aromatic heterocycles. The highest BCUT2D eigenvalue weighted by Gasteiger charge is 2.22. The molecule has 112 valence electrons. The van der Waals surface area contributed by atoms with E-state index in [2.05, 4.69) is 20.5 Å². The number of nitrogens with one attached hydrogen (secondary N) is 2. The molecule has 1 aromatic carbocycles. The number of amides is 1. The number of aromatic nitrogens is 3. The average molecular weight is 300 g/mol. The molecule has 0 spiro atoms. The summed E-state index contributed by atoms with van der Waals surface area (Å²) in [5, 5.41) is 17.6. The molecule has 21 heavy (non-hydrogen) atoms. The summed E-state index contributed by atoms with van der Waals surface area (Å²) < 4.78 is 39.4. The number of rotatable bonds is 5. The van der Waals surface area contributed by atoms with E-state index >= 15 is 0 Å². The highest BCUT2D eigenvalue weighted by Crippen LogP contribution is 2.25. The number of hydrogen-bond acceptors (Lipinski definition) is 4. The first-order valence-electron chi connectivity index (χ1n) is 5.99. The lowest BCUT2D eigenvalue weighted by Crippen LogP contribution is -2.26. The van der Waals surface area contributed by atoms with Crippen LogP contribution in [0.1, 0.15) is 22.6 Å². The molecule has 0 fully saturated rings. The van der Waals surface area contributed by atoms with Crippen molar-refractivity contribution < 1.29 is 23.1 Å². The van der Waals surface area contributed by atoms with E-state index in [0.717, 1.165) is 0 Å². The SMILES string of the molecule is O=C(NCCCc1ncn[nH]1)c1cc(F)c(F)c(O)c1F. The van der Waals surface area contributed by atoms with Crippen molar-refractivity contribution in [1.82, 2.24) is 20.5 Å². The van der Waals surface area contributed by atoms with Crippen molar-refractivity contribution >= 4 is 5.91 Å². The van der Waals surface area contributed by atoms with Crippen molar-refractivity contribution in [3.8, 4) is 5.75 Å². The number of phenols is 1. The Kier molecular flexibility index (Phi) is 4.41. The van der Waals surface area contributed by atoms with E-state index in [0.29, 0.717) is 24.7 Å². The predicted octanol–water partition coefficient (Wildman–Crippen LogP) is 1.29. The van der Waals surface area contributed by atoms with Gasteiger partial charge in [0.2, 0.25) is 5.82 Å². The summed E-state index contributed by atoms with van der Waals surface area (Å²) in [5.41, 5.74) is -0.758. The third-order valence-electron chi connectivity index (χ3n) is 2.72. The third kappa shape index (κ3) is 3.30. The number of carbonyl (C=O) groups excluding carboxylic acids is 1. The van der Waals surface area contributed by atoms with E-state index in [1.54, 1.807) is 0 Å². The average Bonchev–Trinajstić information content (AvgIpc) is 2.98. The molecule has 1 heterocycles. The maximum absolute atomic E-state index is 13.5. The summed E-state index contributed by atoms with van der Waals surface area (Å²) in [4.78, 5) is 15.5. The Bertz CT molecular complexity index is 646. The molecule has 0 unspecified atom stereocenters. The summed E-state index contributed by atoms with van der Waals surface area (Å²) >= 11 is 0. The van der Waals surface area contributed by atoms with E-state index in [-0.39, 0.29) is 6.54 Å². The third-order valence-corrected chi connectivity index (χ3v) is 2.72. The predicted molar refractivity (Wildman–Crippen MR) is 65.0 cm³/mol. The maximum Gasteiger partial charge on any atom is 0.254 e. The molecule has 2 rings (SSSR count). The van der Waals surface area contributed by atoms with Gasteiger partial charge in [-0.1, -0.05) is 0 Å². The molecule has 0 radical (unpaired) electrons. The van der Waals surface area contributed by atoms with Crippen LogP contribution >= 0.6 is 0 Å². The smallest absolute Gasteiger partial charge is 0.254 e. The number of aromatic hydroxyl groups is 1. The van der Waals surface area contributed by atoms with E-state index in [1.807, 2.05) is 0 Å². The van der Waals surface area contributed by atoms with Crippen LogP contribution in [-0.2, 0) is 6.42 Å². The minimum absolute atomic E-state index is 0.165. The van der Waals surface area contributed by atoms with Gasteiger partial charge in [-0.05, 0) is 12.5 Å². The molecule has 0 saturated carbocycles. The van der Waals surface area contributed by atoms with Gasteiger partial charge in [-0.15, -0.1) is 0 Å². The van der Waals surface area contributed by atoms with Crippen molar-refractivity contribution in [2.45, 2.75) is 12.8 Å². The normalized spacial score (nSPS) is 10.6. The number of carbonyl (C=O) groups is 1. The van der Waals surface area contributed by atoms with Gasteiger partial charge >= 0.3 is 0 Å². The molecule has 2 aromatic rings. The summed E-state index contributed by atoms with van der Waals surface area (Å²) in [5.74, 6) is -6.56. The molecule has 0 aliphatic heterocycles. The number of halogens is 3. The first kappa shape index (κ1) is 14.8. The monoisotopic (exact) mass is 300 g/mol. The van der Waals surface area contributed by atoms with Crippen LogP contribution in [0.4, 0.5) is 13.2 Å². The standard InChI is InChI=1S/C12H11F3N4O2/c13-7-4-6(9(14)11(20)10(7)15)12(21)16-3-1-2-8-17-5-18-19-8/h4-5,20H,1-3H2,(H,16,21)(H,17,18,19). The fourth-order valence-electron chi connectivity index (χ4n) is 1.66. The Hall–Kier alpha value is -2.58. The Labute approximate surface area is 117 Å². The van der Waals surface area contributed by atoms with Crippen LogP contribution < -0.4 is 5.32 Å². The zero-order valence-electron chi connectivity index (χ0n) is 10.7. The largest absolute Gasteiger partial charge is 0.503 e. The fourth-order valence-corrected chi connectivity index (χ4v) is 1.66. The van der Waals surface area contributed by atoms with Gasteiger partial charge in [-0.25, -0.2) is 13.8 Å². The summed E-state index contributed by atoms with van der Waals surface area (Å²) in [7, 11) is 0. The van der Waals surface area contributed by atoms with Crippen molar-refractivity contribution in [2.24, 2.45) is 0 Å². The summed E-state index contributed by atoms with van der Waals surface area (Å²) in [6, 6.07) is 0.399. The van der Waals surface area contributed by atoms with Crippen molar-refractivity contribution in [3.63, 3.8) is 0 Å². The molecule has 0 atom stereocenters. The lowest BCUT2D eigenvalue weighted by Gasteiger charge is -2.07. The van der Waals surface area contributed by atoms with Crippen LogP contribution in [0.3, 0.4) is 0 Å². The first-order chi connectivity index (χ1) is 10.0. The van der Waals surface area contributed by atoms with E-state index in [9.17, 15) is 18.0 Å². The quantitative estimate of drug-likeness (QED) is 0.573. The minimum Gasteiger partial charge on any atom is -0.503 e. The number of hydrogen-bond donors (Lipinski definition) is 3. The van der Waals surface area contributed by atoms with Gasteiger partial charge < -0.3 is 10.4 Å². The van der Waals surface area contributed by atoms with Gasteiger partial charge in [0.25, 0.3) is 5.91 Å². The Balaban J connectivity index is 1.94. The molecule has 6 nitrogen and oxygen atoms in total. The number of nitrogens with zero attached hydrogens (tertiary/aromatic N) is 2. The van der Waals surface area contributed by atoms with E-state index in [4.69, 9.17) is 5.11 Å².